The number of aromatic nitrogens is 1. The Labute approximate surface area is 123 Å². The second-order valence-electron chi connectivity index (χ2n) is 5.04. The van der Waals surface area contributed by atoms with Crippen LogP contribution in [0.5, 0.6) is 0 Å². The molecule has 1 N–H and O–H groups in total. The zero-order chi connectivity index (χ0) is 14.8. The minimum absolute atomic E-state index is 0.505. The SMILES string of the molecule is CC1(C)/C(=C/C#Cc2cc(Cl)ccn2)CCN1C(=O)O. The second kappa shape index (κ2) is 5.56. The number of nitrogens with zero attached hydrogens (tertiary/aromatic N) is 2. The molecule has 4 nitrogen and oxygen atoms in total. The predicted molar refractivity (Wildman–Crippen MR) is 77.6 cm³/mol. The Bertz CT molecular complexity index is 626. The summed E-state index contributed by atoms with van der Waals surface area (Å²) in [4.78, 5) is 16.7. The Balaban J connectivity index is 2.20. The van der Waals surface area contributed by atoms with Crippen LogP contribution in [-0.4, -0.2) is 33.2 Å². The second-order valence-corrected chi connectivity index (χ2v) is 5.48. The number of carboxylic acid groups (broad SMARTS) is 1. The third-order valence-corrected chi connectivity index (χ3v) is 3.70. The summed E-state index contributed by atoms with van der Waals surface area (Å²) in [6.07, 6.45) is 3.19. The van der Waals surface area contributed by atoms with Crippen molar-refractivity contribution in [2.24, 2.45) is 0 Å². The lowest BCUT2D eigenvalue weighted by Gasteiger charge is -2.29. The highest BCUT2D eigenvalue weighted by atomic mass is 35.5. The predicted octanol–water partition coefficient (Wildman–Crippen LogP) is 3.18. The van der Waals surface area contributed by atoms with Gasteiger partial charge in [0.2, 0.25) is 0 Å². The van der Waals surface area contributed by atoms with Gasteiger partial charge in [0, 0.05) is 17.8 Å². The summed E-state index contributed by atoms with van der Waals surface area (Å²) >= 11 is 5.86. The van der Waals surface area contributed by atoms with E-state index in [1.807, 2.05) is 13.8 Å². The molecule has 1 saturated heterocycles. The van der Waals surface area contributed by atoms with Crippen molar-refractivity contribution in [2.45, 2.75) is 25.8 Å². The monoisotopic (exact) mass is 290 g/mol. The Morgan fingerprint density at radius 1 is 1.60 bits per heavy atom. The molecular weight excluding hydrogens is 276 g/mol. The highest BCUT2D eigenvalue weighted by molar-refractivity contribution is 6.30. The summed E-state index contributed by atoms with van der Waals surface area (Å²) in [7, 11) is 0. The molecule has 0 unspecified atom stereocenters. The molecule has 0 atom stereocenters. The van der Waals surface area contributed by atoms with E-state index in [2.05, 4.69) is 16.8 Å². The van der Waals surface area contributed by atoms with Crippen LogP contribution in [0.4, 0.5) is 4.79 Å². The number of hydrogen-bond acceptors (Lipinski definition) is 2. The number of carbonyl (C=O) groups is 1. The summed E-state index contributed by atoms with van der Waals surface area (Å²) in [5, 5.41) is 9.73. The Morgan fingerprint density at radius 2 is 2.35 bits per heavy atom. The number of halogens is 1. The average Bonchev–Trinajstić information content (AvgIpc) is 2.65. The summed E-state index contributed by atoms with van der Waals surface area (Å²) in [5.74, 6) is 5.84. The first-order valence-corrected chi connectivity index (χ1v) is 6.62. The van der Waals surface area contributed by atoms with Gasteiger partial charge in [-0.05, 0) is 50.0 Å². The lowest BCUT2D eigenvalue weighted by Crippen LogP contribution is -2.42. The highest BCUT2D eigenvalue weighted by Crippen LogP contribution is 2.33. The standard InChI is InChI=1S/C15H15ClN2O2/c1-15(2)11(7-9-18(15)14(19)20)4-3-5-13-10-12(16)6-8-17-13/h4,6,8,10H,7,9H2,1-2H3,(H,19,20)/b11-4+. The smallest absolute Gasteiger partial charge is 0.408 e. The molecule has 0 saturated carbocycles. The molecule has 20 heavy (non-hydrogen) atoms. The van der Waals surface area contributed by atoms with E-state index >= 15 is 0 Å². The fourth-order valence-electron chi connectivity index (χ4n) is 2.24. The van der Waals surface area contributed by atoms with E-state index in [9.17, 15) is 4.79 Å². The number of likely N-dealkylation sites (tertiary alicyclic amines) is 1. The Morgan fingerprint density at radius 3 is 2.95 bits per heavy atom. The molecule has 1 aliphatic heterocycles. The molecular formula is C15H15ClN2O2. The van der Waals surface area contributed by atoms with Crippen molar-refractivity contribution in [3.63, 3.8) is 0 Å². The maximum Gasteiger partial charge on any atom is 0.408 e. The fourth-order valence-corrected chi connectivity index (χ4v) is 2.40. The fraction of sp³-hybridized carbons (Fsp3) is 0.333. The van der Waals surface area contributed by atoms with Crippen LogP contribution in [-0.2, 0) is 0 Å². The number of pyridine rings is 1. The lowest BCUT2D eigenvalue weighted by atomic mass is 9.95. The van der Waals surface area contributed by atoms with Crippen molar-refractivity contribution >= 4 is 17.7 Å². The molecule has 2 heterocycles. The van der Waals surface area contributed by atoms with E-state index in [-0.39, 0.29) is 0 Å². The van der Waals surface area contributed by atoms with Crippen molar-refractivity contribution in [2.75, 3.05) is 6.54 Å². The van der Waals surface area contributed by atoms with Gasteiger partial charge in [-0.1, -0.05) is 17.5 Å². The number of hydrogen-bond donors (Lipinski definition) is 1. The molecule has 1 aliphatic rings. The third kappa shape index (κ3) is 2.94. The highest BCUT2D eigenvalue weighted by Gasteiger charge is 2.39. The molecule has 1 fully saturated rings. The van der Waals surface area contributed by atoms with E-state index in [1.54, 1.807) is 24.4 Å². The zero-order valence-electron chi connectivity index (χ0n) is 11.4. The van der Waals surface area contributed by atoms with Crippen LogP contribution in [0.15, 0.2) is 30.0 Å². The zero-order valence-corrected chi connectivity index (χ0v) is 12.1. The van der Waals surface area contributed by atoms with Crippen LogP contribution in [0.2, 0.25) is 5.02 Å². The van der Waals surface area contributed by atoms with Crippen LogP contribution in [0.25, 0.3) is 0 Å². The van der Waals surface area contributed by atoms with Gasteiger partial charge in [-0.3, -0.25) is 4.90 Å². The van der Waals surface area contributed by atoms with Crippen LogP contribution in [0.1, 0.15) is 26.0 Å². The molecule has 1 amide bonds. The first kappa shape index (κ1) is 14.4. The lowest BCUT2D eigenvalue weighted by molar-refractivity contribution is 0.124. The molecule has 0 spiro atoms. The van der Waals surface area contributed by atoms with Gasteiger partial charge in [-0.15, -0.1) is 0 Å². The van der Waals surface area contributed by atoms with Crippen molar-refractivity contribution in [1.82, 2.24) is 9.88 Å². The van der Waals surface area contributed by atoms with Crippen LogP contribution in [0, 0.1) is 11.8 Å². The summed E-state index contributed by atoms with van der Waals surface area (Å²) < 4.78 is 0. The normalized spacial score (nSPS) is 18.8. The van der Waals surface area contributed by atoms with Crippen LogP contribution in [0.3, 0.4) is 0 Å². The van der Waals surface area contributed by atoms with E-state index in [4.69, 9.17) is 16.7 Å². The van der Waals surface area contributed by atoms with Gasteiger partial charge in [0.25, 0.3) is 0 Å². The molecule has 1 aromatic rings. The molecule has 0 radical (unpaired) electrons. The van der Waals surface area contributed by atoms with Crippen LogP contribution >= 0.6 is 11.6 Å². The van der Waals surface area contributed by atoms with Crippen molar-refractivity contribution < 1.29 is 9.90 Å². The van der Waals surface area contributed by atoms with Crippen molar-refractivity contribution in [1.29, 1.82) is 0 Å². The van der Waals surface area contributed by atoms with Crippen molar-refractivity contribution in [3.05, 3.63) is 40.7 Å². The Hall–Kier alpha value is -1.99. The molecule has 104 valence electrons. The van der Waals surface area contributed by atoms with Gasteiger partial charge in [-0.2, -0.15) is 0 Å². The topological polar surface area (TPSA) is 53.4 Å². The summed E-state index contributed by atoms with van der Waals surface area (Å²) in [5.41, 5.74) is 1.09. The third-order valence-electron chi connectivity index (χ3n) is 3.46. The molecule has 5 heteroatoms. The van der Waals surface area contributed by atoms with E-state index in [0.717, 1.165) is 5.57 Å². The average molecular weight is 291 g/mol. The minimum atomic E-state index is -0.900. The Kier molecular flexibility index (Phi) is 4.01. The van der Waals surface area contributed by atoms with Gasteiger partial charge in [0.05, 0.1) is 5.54 Å². The molecule has 0 aliphatic carbocycles. The molecule has 2 rings (SSSR count). The first-order valence-electron chi connectivity index (χ1n) is 6.24. The van der Waals surface area contributed by atoms with Gasteiger partial charge in [0.15, 0.2) is 0 Å². The summed E-state index contributed by atoms with van der Waals surface area (Å²) in [6.45, 7) is 4.28. The molecule has 0 aromatic carbocycles. The largest absolute Gasteiger partial charge is 0.465 e. The number of allylic oxidation sites excluding steroid dienone is 1. The van der Waals surface area contributed by atoms with Gasteiger partial charge in [-0.25, -0.2) is 9.78 Å². The van der Waals surface area contributed by atoms with Crippen LogP contribution < -0.4 is 0 Å². The number of rotatable bonds is 0. The molecule has 0 bridgehead atoms. The quantitative estimate of drug-likeness (QED) is 0.747. The van der Waals surface area contributed by atoms with Gasteiger partial charge >= 0.3 is 6.09 Å². The minimum Gasteiger partial charge on any atom is -0.465 e. The van der Waals surface area contributed by atoms with E-state index in [0.29, 0.717) is 23.7 Å². The maximum atomic E-state index is 11.1. The number of amides is 1. The van der Waals surface area contributed by atoms with Gasteiger partial charge < -0.3 is 5.11 Å². The van der Waals surface area contributed by atoms with Gasteiger partial charge in [0.1, 0.15) is 5.69 Å². The maximum absolute atomic E-state index is 11.1. The van der Waals surface area contributed by atoms with Crippen molar-refractivity contribution in [3.8, 4) is 11.8 Å². The summed E-state index contributed by atoms with van der Waals surface area (Å²) in [6, 6.07) is 3.38. The molecule has 1 aromatic heterocycles. The van der Waals surface area contributed by atoms with E-state index in [1.165, 1.54) is 4.90 Å². The first-order chi connectivity index (χ1) is 9.41. The van der Waals surface area contributed by atoms with E-state index < -0.39 is 11.6 Å².